The molecule has 5 nitrogen and oxygen atoms in total. The molecule has 0 unspecified atom stereocenters. The van der Waals surface area contributed by atoms with Gasteiger partial charge in [-0.1, -0.05) is 54.1 Å². The highest BCUT2D eigenvalue weighted by atomic mass is 35.5. The van der Waals surface area contributed by atoms with E-state index in [1.807, 2.05) is 41.3 Å². The number of nitrogens with zero attached hydrogens (tertiary/aromatic N) is 3. The Bertz CT molecular complexity index is 1310. The van der Waals surface area contributed by atoms with E-state index in [0.29, 0.717) is 5.02 Å². The second-order valence-electron chi connectivity index (χ2n) is 8.67. The monoisotopic (exact) mass is 458 g/mol. The molecule has 1 amide bonds. The van der Waals surface area contributed by atoms with Crippen LogP contribution >= 0.6 is 11.6 Å². The molecular weight excluding hydrogens is 432 g/mol. The number of fused-ring (bicyclic) bond motifs is 2. The van der Waals surface area contributed by atoms with Gasteiger partial charge in [0.1, 0.15) is 0 Å². The highest BCUT2D eigenvalue weighted by Crippen LogP contribution is 2.29. The second-order valence-corrected chi connectivity index (χ2v) is 9.07. The fourth-order valence-corrected chi connectivity index (χ4v) is 4.62. The number of likely N-dealkylation sites (N-methyl/N-ethyl adjacent to an activating group) is 1. The Morgan fingerprint density at radius 3 is 2.61 bits per heavy atom. The van der Waals surface area contributed by atoms with Gasteiger partial charge in [-0.3, -0.25) is 9.78 Å². The van der Waals surface area contributed by atoms with Crippen molar-refractivity contribution in [2.75, 3.05) is 45.1 Å². The summed E-state index contributed by atoms with van der Waals surface area (Å²) < 4.78 is 0. The molecule has 1 aliphatic rings. The van der Waals surface area contributed by atoms with E-state index in [0.717, 1.165) is 72.1 Å². The molecule has 0 aliphatic carbocycles. The van der Waals surface area contributed by atoms with Crippen LogP contribution in [0.15, 0.2) is 66.9 Å². The van der Waals surface area contributed by atoms with E-state index in [1.54, 1.807) is 6.20 Å². The topological polar surface area (TPSA) is 48.5 Å². The third-order valence-electron chi connectivity index (χ3n) is 6.39. The van der Waals surface area contributed by atoms with Crippen LogP contribution in [0.25, 0.3) is 21.7 Å². The lowest BCUT2D eigenvalue weighted by atomic mass is 10.0. The molecule has 0 spiro atoms. The smallest absolute Gasteiger partial charge is 0.253 e. The number of carbonyl (C=O) groups excluding carboxylic acids is 1. The first-order valence-electron chi connectivity index (χ1n) is 11.4. The second kappa shape index (κ2) is 9.38. The molecule has 33 heavy (non-hydrogen) atoms. The van der Waals surface area contributed by atoms with E-state index in [1.165, 1.54) is 5.56 Å². The minimum atomic E-state index is 0.125. The summed E-state index contributed by atoms with van der Waals surface area (Å²) in [6, 6.07) is 20.5. The van der Waals surface area contributed by atoms with Gasteiger partial charge in [-0.05, 0) is 48.0 Å². The number of hydrogen-bond acceptors (Lipinski definition) is 4. The number of pyridine rings is 1. The van der Waals surface area contributed by atoms with Gasteiger partial charge >= 0.3 is 0 Å². The number of aromatic nitrogens is 1. The number of hydrogen-bond donors (Lipinski definition) is 1. The average Bonchev–Trinajstić information content (AvgIpc) is 2.85. The predicted octanol–water partition coefficient (Wildman–Crippen LogP) is 5.08. The minimum absolute atomic E-state index is 0.125. The number of benzene rings is 3. The number of nitrogens with one attached hydrogen (secondary N) is 1. The van der Waals surface area contributed by atoms with Crippen molar-refractivity contribution in [3.8, 4) is 0 Å². The number of anilines is 1. The molecule has 0 bridgehead atoms. The van der Waals surface area contributed by atoms with Crippen LogP contribution in [-0.2, 0) is 6.42 Å². The lowest BCUT2D eigenvalue weighted by Crippen LogP contribution is -2.47. The number of carbonyl (C=O) groups is 1. The number of halogens is 1. The quantitative estimate of drug-likeness (QED) is 0.453. The molecule has 0 atom stereocenters. The van der Waals surface area contributed by atoms with Gasteiger partial charge in [-0.25, -0.2) is 0 Å². The summed E-state index contributed by atoms with van der Waals surface area (Å²) in [6.45, 7) is 4.19. The molecule has 0 radical (unpaired) electrons. The minimum Gasteiger partial charge on any atom is -0.383 e. The van der Waals surface area contributed by atoms with Crippen molar-refractivity contribution in [3.05, 3.63) is 83.0 Å². The zero-order valence-corrected chi connectivity index (χ0v) is 19.5. The molecule has 3 aromatic carbocycles. The Hall–Kier alpha value is -3.15. The Labute approximate surface area is 199 Å². The third-order valence-corrected chi connectivity index (χ3v) is 6.67. The maximum atomic E-state index is 12.9. The molecule has 168 valence electrons. The number of piperazine rings is 1. The molecule has 1 saturated heterocycles. The van der Waals surface area contributed by atoms with Crippen LogP contribution in [0.5, 0.6) is 0 Å². The standard InChI is InChI=1S/C27H27ClN4O/c1-31-12-14-32(15-13-31)27(33)22-9-8-20-16-19(6-7-21(20)17-22)10-11-29-26-23-4-2-3-5-25(23)30-18-24(26)28/h2-9,16-18H,10-15H2,1H3,(H,29,30). The van der Waals surface area contributed by atoms with Crippen LogP contribution in [0.1, 0.15) is 15.9 Å². The maximum Gasteiger partial charge on any atom is 0.253 e. The first kappa shape index (κ1) is 21.7. The SMILES string of the molecule is CN1CCN(C(=O)c2ccc3cc(CCNc4c(Cl)cnc5ccccc45)ccc3c2)CC1. The van der Waals surface area contributed by atoms with Gasteiger partial charge in [0.05, 0.1) is 16.2 Å². The lowest BCUT2D eigenvalue weighted by molar-refractivity contribution is 0.0664. The van der Waals surface area contributed by atoms with Gasteiger partial charge in [0.2, 0.25) is 0 Å². The fraction of sp³-hybridized carbons (Fsp3) is 0.259. The van der Waals surface area contributed by atoms with E-state index in [4.69, 9.17) is 11.6 Å². The van der Waals surface area contributed by atoms with Crippen molar-refractivity contribution in [2.24, 2.45) is 0 Å². The zero-order chi connectivity index (χ0) is 22.8. The van der Waals surface area contributed by atoms with Gasteiger partial charge in [0.15, 0.2) is 0 Å². The van der Waals surface area contributed by atoms with Crippen molar-refractivity contribution < 1.29 is 4.79 Å². The van der Waals surface area contributed by atoms with Crippen LogP contribution in [0.4, 0.5) is 5.69 Å². The van der Waals surface area contributed by atoms with E-state index < -0.39 is 0 Å². The molecular formula is C27H27ClN4O. The molecule has 2 heterocycles. The molecule has 6 heteroatoms. The van der Waals surface area contributed by atoms with Gasteiger partial charge in [-0.15, -0.1) is 0 Å². The highest BCUT2D eigenvalue weighted by Gasteiger charge is 2.20. The highest BCUT2D eigenvalue weighted by molar-refractivity contribution is 6.34. The van der Waals surface area contributed by atoms with E-state index in [-0.39, 0.29) is 5.91 Å². The molecule has 1 aliphatic heterocycles. The largest absolute Gasteiger partial charge is 0.383 e. The van der Waals surface area contributed by atoms with E-state index >= 15 is 0 Å². The Morgan fingerprint density at radius 2 is 1.76 bits per heavy atom. The fourth-order valence-electron chi connectivity index (χ4n) is 4.40. The Kier molecular flexibility index (Phi) is 6.16. The third kappa shape index (κ3) is 4.65. The molecule has 1 N–H and O–H groups in total. The maximum absolute atomic E-state index is 12.9. The van der Waals surface area contributed by atoms with Gasteiger partial charge < -0.3 is 15.1 Å². The number of amides is 1. The average molecular weight is 459 g/mol. The van der Waals surface area contributed by atoms with Crippen LogP contribution in [0, 0.1) is 0 Å². The van der Waals surface area contributed by atoms with Crippen molar-refractivity contribution in [2.45, 2.75) is 6.42 Å². The first-order chi connectivity index (χ1) is 16.1. The van der Waals surface area contributed by atoms with Crippen LogP contribution in [-0.4, -0.2) is 60.5 Å². The predicted molar refractivity (Wildman–Crippen MR) is 136 cm³/mol. The summed E-state index contributed by atoms with van der Waals surface area (Å²) in [4.78, 5) is 21.5. The summed E-state index contributed by atoms with van der Waals surface area (Å²) in [5.74, 6) is 0.125. The summed E-state index contributed by atoms with van der Waals surface area (Å²) in [5.41, 5.74) is 3.86. The normalized spacial score (nSPS) is 14.7. The first-order valence-corrected chi connectivity index (χ1v) is 11.7. The zero-order valence-electron chi connectivity index (χ0n) is 18.7. The summed E-state index contributed by atoms with van der Waals surface area (Å²) in [6.07, 6.45) is 2.56. The van der Waals surface area contributed by atoms with Gasteiger partial charge in [0, 0.05) is 49.9 Å². The number of rotatable bonds is 5. The van der Waals surface area contributed by atoms with Crippen LogP contribution < -0.4 is 5.32 Å². The molecule has 0 saturated carbocycles. The van der Waals surface area contributed by atoms with Crippen molar-refractivity contribution in [3.63, 3.8) is 0 Å². The van der Waals surface area contributed by atoms with E-state index in [2.05, 4.69) is 46.5 Å². The van der Waals surface area contributed by atoms with Crippen molar-refractivity contribution in [1.29, 1.82) is 0 Å². The van der Waals surface area contributed by atoms with Crippen molar-refractivity contribution in [1.82, 2.24) is 14.8 Å². The van der Waals surface area contributed by atoms with Crippen LogP contribution in [0.2, 0.25) is 5.02 Å². The summed E-state index contributed by atoms with van der Waals surface area (Å²) >= 11 is 6.41. The molecule has 1 aromatic heterocycles. The van der Waals surface area contributed by atoms with Gasteiger partial charge in [0.25, 0.3) is 5.91 Å². The van der Waals surface area contributed by atoms with Crippen molar-refractivity contribution >= 4 is 44.9 Å². The molecule has 1 fully saturated rings. The summed E-state index contributed by atoms with van der Waals surface area (Å²) in [7, 11) is 2.10. The lowest BCUT2D eigenvalue weighted by Gasteiger charge is -2.32. The molecule has 5 rings (SSSR count). The number of para-hydroxylation sites is 1. The van der Waals surface area contributed by atoms with Gasteiger partial charge in [-0.2, -0.15) is 0 Å². The summed E-state index contributed by atoms with van der Waals surface area (Å²) in [5, 5.41) is 7.39. The Balaban J connectivity index is 1.27. The van der Waals surface area contributed by atoms with E-state index in [9.17, 15) is 4.79 Å². The van der Waals surface area contributed by atoms with Crippen LogP contribution in [0.3, 0.4) is 0 Å². The molecule has 4 aromatic rings. The Morgan fingerprint density at radius 1 is 1.00 bits per heavy atom.